The van der Waals surface area contributed by atoms with Crippen LogP contribution in [-0.2, 0) is 17.9 Å². The number of ether oxygens (including phenoxy) is 1. The topological polar surface area (TPSA) is 106 Å². The van der Waals surface area contributed by atoms with Crippen LogP contribution in [0.2, 0.25) is 0 Å². The fourth-order valence-electron chi connectivity index (χ4n) is 2.09. The Kier molecular flexibility index (Phi) is 4.31. The second-order valence-corrected chi connectivity index (χ2v) is 4.29. The summed E-state index contributed by atoms with van der Waals surface area (Å²) >= 11 is 0. The molecule has 0 aliphatic rings. The number of hydrogen-bond donors (Lipinski definition) is 3. The Balaban J connectivity index is 2.31. The van der Waals surface area contributed by atoms with Crippen LogP contribution in [0, 0.1) is 0 Å². The van der Waals surface area contributed by atoms with Gasteiger partial charge in [-0.3, -0.25) is 0 Å². The number of aliphatic hydroxyl groups is 2. The number of nitrogens with zero attached hydrogens (tertiary/aromatic N) is 3. The first kappa shape index (κ1) is 13.7. The van der Waals surface area contributed by atoms with Crippen molar-refractivity contribution in [3.8, 4) is 0 Å². The van der Waals surface area contributed by atoms with E-state index in [-0.39, 0.29) is 19.3 Å². The number of rotatable bonds is 6. The van der Waals surface area contributed by atoms with Crippen LogP contribution < -0.4 is 5.73 Å². The fraction of sp³-hybridized carbons (Fsp3) is 0.500. The van der Waals surface area contributed by atoms with Gasteiger partial charge in [-0.25, -0.2) is 9.97 Å². The average Bonchev–Trinajstić information content (AvgIpc) is 2.80. The second kappa shape index (κ2) is 5.96. The fourth-order valence-corrected chi connectivity index (χ4v) is 2.09. The first-order valence-corrected chi connectivity index (χ1v) is 6.04. The number of nitrogen functional groups attached to an aromatic ring is 1. The zero-order chi connectivity index (χ0) is 13.8. The van der Waals surface area contributed by atoms with Crippen molar-refractivity contribution in [1.29, 1.82) is 0 Å². The molecule has 4 N–H and O–H groups in total. The molecule has 0 amide bonds. The van der Waals surface area contributed by atoms with E-state index in [1.807, 2.05) is 4.57 Å². The number of nitrogens with two attached hydrogens (primary N) is 1. The number of anilines is 1. The molecule has 2 heterocycles. The third kappa shape index (κ3) is 2.67. The highest BCUT2D eigenvalue weighted by Crippen LogP contribution is 2.24. The Morgan fingerprint density at radius 1 is 1.42 bits per heavy atom. The third-order valence-electron chi connectivity index (χ3n) is 3.16. The van der Waals surface area contributed by atoms with Crippen LogP contribution in [0.4, 0.5) is 5.82 Å². The van der Waals surface area contributed by atoms with E-state index in [4.69, 9.17) is 15.6 Å². The maximum absolute atomic E-state index is 9.35. The van der Waals surface area contributed by atoms with E-state index < -0.39 is 0 Å². The molecule has 0 saturated heterocycles. The molecular weight excluding hydrogens is 248 g/mol. The average molecular weight is 266 g/mol. The van der Waals surface area contributed by atoms with Gasteiger partial charge in [0, 0.05) is 25.4 Å². The van der Waals surface area contributed by atoms with Crippen molar-refractivity contribution in [1.82, 2.24) is 14.5 Å². The Hall–Kier alpha value is -1.70. The summed E-state index contributed by atoms with van der Waals surface area (Å²) in [4.78, 5) is 8.13. The van der Waals surface area contributed by atoms with Crippen LogP contribution in [0.25, 0.3) is 11.0 Å². The minimum atomic E-state index is -0.214. The minimum Gasteiger partial charge on any atom is -0.394 e. The number of hydrogen-bond acceptors (Lipinski definition) is 6. The molecule has 0 aromatic carbocycles. The van der Waals surface area contributed by atoms with E-state index >= 15 is 0 Å². The molecule has 0 spiro atoms. The summed E-state index contributed by atoms with van der Waals surface area (Å²) in [6.45, 7) is 0.473. The van der Waals surface area contributed by atoms with Crippen molar-refractivity contribution in [2.24, 2.45) is 0 Å². The van der Waals surface area contributed by atoms with Gasteiger partial charge in [-0.05, 0) is 6.42 Å². The smallest absolute Gasteiger partial charge is 0.145 e. The zero-order valence-electron chi connectivity index (χ0n) is 10.8. The van der Waals surface area contributed by atoms with Crippen LogP contribution in [-0.4, -0.2) is 44.6 Å². The molecule has 0 saturated carbocycles. The van der Waals surface area contributed by atoms with E-state index in [9.17, 15) is 5.11 Å². The van der Waals surface area contributed by atoms with Gasteiger partial charge in [-0.1, -0.05) is 0 Å². The molecule has 2 aromatic rings. The molecule has 0 aliphatic heterocycles. The number of methoxy groups -OCH3 is 1. The van der Waals surface area contributed by atoms with Crippen LogP contribution in [0.15, 0.2) is 12.5 Å². The molecule has 2 aromatic heterocycles. The highest BCUT2D eigenvalue weighted by Gasteiger charge is 2.14. The Labute approximate surface area is 110 Å². The van der Waals surface area contributed by atoms with Crippen molar-refractivity contribution in [3.05, 3.63) is 18.1 Å². The lowest BCUT2D eigenvalue weighted by Crippen LogP contribution is -2.18. The normalized spacial score (nSPS) is 13.0. The van der Waals surface area contributed by atoms with Gasteiger partial charge in [0.2, 0.25) is 0 Å². The summed E-state index contributed by atoms with van der Waals surface area (Å²) in [5.41, 5.74) is 7.20. The summed E-state index contributed by atoms with van der Waals surface area (Å²) in [6, 6.07) is 0. The van der Waals surface area contributed by atoms with Gasteiger partial charge in [0.1, 0.15) is 17.8 Å². The number of aryl methyl sites for hydroxylation is 1. The SMILES string of the molecule is COC(CO)CCn1cc(CO)c2c(N)ncnc21. The predicted octanol–water partition coefficient (Wildman–Crippen LogP) is -0.0968. The molecule has 19 heavy (non-hydrogen) atoms. The molecule has 7 heteroatoms. The highest BCUT2D eigenvalue weighted by atomic mass is 16.5. The summed E-state index contributed by atoms with van der Waals surface area (Å²) in [6.07, 6.45) is 3.63. The van der Waals surface area contributed by atoms with E-state index in [1.165, 1.54) is 6.33 Å². The predicted molar refractivity (Wildman–Crippen MR) is 70.4 cm³/mol. The largest absolute Gasteiger partial charge is 0.394 e. The van der Waals surface area contributed by atoms with Crippen molar-refractivity contribution in [2.75, 3.05) is 19.5 Å². The van der Waals surface area contributed by atoms with Gasteiger partial charge >= 0.3 is 0 Å². The standard InChI is InChI=1S/C12H18N4O3/c1-19-9(6-18)2-3-16-4-8(5-17)10-11(13)14-7-15-12(10)16/h4,7,9,17-18H,2-3,5-6H2,1H3,(H2,13,14,15). The molecule has 0 bridgehead atoms. The molecule has 1 atom stereocenters. The molecule has 7 nitrogen and oxygen atoms in total. The van der Waals surface area contributed by atoms with Crippen molar-refractivity contribution < 1.29 is 14.9 Å². The number of fused-ring (bicyclic) bond motifs is 1. The van der Waals surface area contributed by atoms with Gasteiger partial charge in [-0.15, -0.1) is 0 Å². The number of aliphatic hydroxyl groups excluding tert-OH is 2. The molecule has 0 aliphatic carbocycles. The zero-order valence-corrected chi connectivity index (χ0v) is 10.8. The van der Waals surface area contributed by atoms with Gasteiger partial charge in [0.05, 0.1) is 24.7 Å². The molecule has 2 rings (SSSR count). The quantitative estimate of drug-likeness (QED) is 0.674. The number of aromatic nitrogens is 3. The summed E-state index contributed by atoms with van der Waals surface area (Å²) in [5.74, 6) is 0.359. The van der Waals surface area contributed by atoms with Gasteiger partial charge in [0.25, 0.3) is 0 Å². The lowest BCUT2D eigenvalue weighted by molar-refractivity contribution is 0.0405. The first-order chi connectivity index (χ1) is 9.21. The summed E-state index contributed by atoms with van der Waals surface area (Å²) in [5, 5.41) is 19.1. The molecule has 1 unspecified atom stereocenters. The Morgan fingerprint density at radius 3 is 2.84 bits per heavy atom. The van der Waals surface area contributed by atoms with Crippen molar-refractivity contribution >= 4 is 16.9 Å². The minimum absolute atomic E-state index is 0.0281. The van der Waals surface area contributed by atoms with E-state index in [2.05, 4.69) is 9.97 Å². The van der Waals surface area contributed by atoms with E-state index in [0.29, 0.717) is 35.4 Å². The van der Waals surface area contributed by atoms with Crippen LogP contribution >= 0.6 is 0 Å². The maximum atomic E-state index is 9.35. The van der Waals surface area contributed by atoms with Crippen LogP contribution in [0.1, 0.15) is 12.0 Å². The summed E-state index contributed by atoms with van der Waals surface area (Å²) in [7, 11) is 1.56. The Bertz CT molecular complexity index is 551. The van der Waals surface area contributed by atoms with Gasteiger partial charge in [0.15, 0.2) is 0 Å². The third-order valence-corrected chi connectivity index (χ3v) is 3.16. The van der Waals surface area contributed by atoms with Gasteiger partial charge < -0.3 is 25.3 Å². The molecule has 0 fully saturated rings. The lowest BCUT2D eigenvalue weighted by atomic mass is 10.2. The van der Waals surface area contributed by atoms with Crippen molar-refractivity contribution in [3.63, 3.8) is 0 Å². The Morgan fingerprint density at radius 2 is 2.21 bits per heavy atom. The second-order valence-electron chi connectivity index (χ2n) is 4.29. The van der Waals surface area contributed by atoms with Crippen LogP contribution in [0.3, 0.4) is 0 Å². The molecule has 104 valence electrons. The molecule has 0 radical (unpaired) electrons. The van der Waals surface area contributed by atoms with Crippen LogP contribution in [0.5, 0.6) is 0 Å². The van der Waals surface area contributed by atoms with E-state index in [1.54, 1.807) is 13.3 Å². The first-order valence-electron chi connectivity index (χ1n) is 6.04. The highest BCUT2D eigenvalue weighted by molar-refractivity contribution is 5.89. The maximum Gasteiger partial charge on any atom is 0.145 e. The summed E-state index contributed by atoms with van der Waals surface area (Å²) < 4.78 is 7.01. The van der Waals surface area contributed by atoms with E-state index in [0.717, 1.165) is 0 Å². The van der Waals surface area contributed by atoms with Crippen molar-refractivity contribution in [2.45, 2.75) is 25.7 Å². The van der Waals surface area contributed by atoms with Gasteiger partial charge in [-0.2, -0.15) is 0 Å². The molecular formula is C12H18N4O3. The lowest BCUT2D eigenvalue weighted by Gasteiger charge is -2.12. The monoisotopic (exact) mass is 266 g/mol.